The van der Waals surface area contributed by atoms with E-state index in [4.69, 9.17) is 0 Å². The molecule has 1 aromatic heterocycles. The van der Waals surface area contributed by atoms with Gasteiger partial charge in [0, 0.05) is 16.2 Å². The average Bonchev–Trinajstić information content (AvgIpc) is 2.39. The van der Waals surface area contributed by atoms with Gasteiger partial charge in [-0.05, 0) is 31.4 Å². The number of benzene rings is 1. The molecule has 1 aliphatic rings. The number of nitriles is 1. The molecule has 0 N–H and O–H groups in total. The Kier molecular flexibility index (Phi) is 3.08. The topological polar surface area (TPSA) is 49.6 Å². The van der Waals surface area contributed by atoms with Crippen molar-refractivity contribution < 1.29 is 0 Å². The minimum absolute atomic E-state index is 0.461. The molecule has 1 aliphatic carbocycles. The Labute approximate surface area is 120 Å². The average molecular weight is 314 g/mol. The van der Waals surface area contributed by atoms with Gasteiger partial charge in [0.05, 0.1) is 11.8 Å². The molecule has 3 rings (SSSR count). The van der Waals surface area contributed by atoms with Crippen molar-refractivity contribution in [2.75, 3.05) is 0 Å². The summed E-state index contributed by atoms with van der Waals surface area (Å²) in [6.07, 6.45) is 4.55. The van der Waals surface area contributed by atoms with E-state index in [0.717, 1.165) is 35.0 Å². The molecule has 2 aromatic rings. The van der Waals surface area contributed by atoms with Crippen LogP contribution in [0.4, 0.5) is 0 Å². The van der Waals surface area contributed by atoms with Crippen molar-refractivity contribution in [1.82, 2.24) is 9.97 Å². The Morgan fingerprint density at radius 2 is 2.00 bits per heavy atom. The fourth-order valence-corrected chi connectivity index (χ4v) is 2.81. The highest BCUT2D eigenvalue weighted by Gasteiger charge is 2.41. The summed E-state index contributed by atoms with van der Waals surface area (Å²) in [5.74, 6) is 0.662. The largest absolute Gasteiger partial charge is 0.240 e. The van der Waals surface area contributed by atoms with E-state index >= 15 is 0 Å². The number of nitrogens with zero attached hydrogens (tertiary/aromatic N) is 3. The van der Waals surface area contributed by atoms with Crippen LogP contribution in [-0.2, 0) is 5.41 Å². The molecule has 0 amide bonds. The minimum atomic E-state index is -0.461. The fraction of sp³-hybridized carbons (Fsp3) is 0.267. The molecular formula is C15H12BrN3. The molecule has 1 heterocycles. The summed E-state index contributed by atoms with van der Waals surface area (Å²) in [5.41, 5.74) is 1.43. The van der Waals surface area contributed by atoms with Crippen LogP contribution in [0.5, 0.6) is 0 Å². The molecule has 1 saturated carbocycles. The van der Waals surface area contributed by atoms with Gasteiger partial charge in [0.1, 0.15) is 11.2 Å². The highest BCUT2D eigenvalue weighted by Crippen LogP contribution is 2.41. The van der Waals surface area contributed by atoms with Crippen LogP contribution in [0.25, 0.3) is 11.3 Å². The molecule has 0 unspecified atom stereocenters. The molecule has 0 spiro atoms. The van der Waals surface area contributed by atoms with Gasteiger partial charge < -0.3 is 0 Å². The molecule has 0 bridgehead atoms. The number of hydrogen-bond acceptors (Lipinski definition) is 3. The molecule has 0 atom stereocenters. The van der Waals surface area contributed by atoms with Crippen molar-refractivity contribution in [2.24, 2.45) is 0 Å². The van der Waals surface area contributed by atoms with Crippen LogP contribution in [0.15, 0.2) is 41.0 Å². The Morgan fingerprint density at radius 1 is 1.21 bits per heavy atom. The van der Waals surface area contributed by atoms with Gasteiger partial charge in [-0.15, -0.1) is 0 Å². The molecule has 1 fully saturated rings. The highest BCUT2D eigenvalue weighted by atomic mass is 79.9. The van der Waals surface area contributed by atoms with Crippen molar-refractivity contribution in [3.63, 3.8) is 0 Å². The normalized spacial score (nSPS) is 16.4. The van der Waals surface area contributed by atoms with E-state index in [2.05, 4.69) is 32.0 Å². The number of rotatable bonds is 2. The lowest BCUT2D eigenvalue weighted by atomic mass is 9.69. The van der Waals surface area contributed by atoms with Gasteiger partial charge in [0.15, 0.2) is 0 Å². The Morgan fingerprint density at radius 3 is 2.63 bits per heavy atom. The summed E-state index contributed by atoms with van der Waals surface area (Å²) < 4.78 is 0.999. The van der Waals surface area contributed by atoms with E-state index in [-0.39, 0.29) is 0 Å². The molecule has 0 radical (unpaired) electrons. The second-order valence-corrected chi connectivity index (χ2v) is 5.65. The monoisotopic (exact) mass is 313 g/mol. The lowest BCUT2D eigenvalue weighted by Gasteiger charge is -2.33. The third-order valence-corrected chi connectivity index (χ3v) is 4.35. The number of aromatic nitrogens is 2. The maximum absolute atomic E-state index is 9.37. The minimum Gasteiger partial charge on any atom is -0.240 e. The zero-order valence-corrected chi connectivity index (χ0v) is 11.9. The Bertz CT molecular complexity index is 656. The van der Waals surface area contributed by atoms with Crippen LogP contribution in [0, 0.1) is 11.3 Å². The molecule has 4 heteroatoms. The van der Waals surface area contributed by atoms with Crippen molar-refractivity contribution in [3.05, 3.63) is 46.8 Å². The second kappa shape index (κ2) is 4.75. The van der Waals surface area contributed by atoms with Gasteiger partial charge in [-0.2, -0.15) is 5.26 Å². The molecule has 1 aromatic carbocycles. The fourth-order valence-electron chi connectivity index (χ4n) is 2.32. The van der Waals surface area contributed by atoms with Crippen LogP contribution in [-0.4, -0.2) is 9.97 Å². The summed E-state index contributed by atoms with van der Waals surface area (Å²) in [5, 5.41) is 9.37. The zero-order valence-electron chi connectivity index (χ0n) is 10.3. The van der Waals surface area contributed by atoms with Crippen molar-refractivity contribution in [3.8, 4) is 17.3 Å². The zero-order chi connectivity index (χ0) is 13.3. The van der Waals surface area contributed by atoms with Gasteiger partial charge in [-0.25, -0.2) is 9.97 Å². The summed E-state index contributed by atoms with van der Waals surface area (Å²) in [6.45, 7) is 0. The van der Waals surface area contributed by atoms with E-state index in [9.17, 15) is 5.26 Å². The van der Waals surface area contributed by atoms with Crippen LogP contribution >= 0.6 is 15.9 Å². The van der Waals surface area contributed by atoms with Crippen LogP contribution < -0.4 is 0 Å². The van der Waals surface area contributed by atoms with Crippen LogP contribution in [0.3, 0.4) is 0 Å². The first-order valence-electron chi connectivity index (χ1n) is 6.25. The summed E-state index contributed by atoms with van der Waals surface area (Å²) in [4.78, 5) is 8.92. The predicted molar refractivity (Wildman–Crippen MR) is 76.3 cm³/mol. The predicted octanol–water partition coefficient (Wildman–Crippen LogP) is 3.85. The van der Waals surface area contributed by atoms with Gasteiger partial charge >= 0.3 is 0 Å². The lowest BCUT2D eigenvalue weighted by molar-refractivity contribution is 0.307. The first-order valence-corrected chi connectivity index (χ1v) is 7.04. The number of hydrogen-bond donors (Lipinski definition) is 0. The van der Waals surface area contributed by atoms with E-state index in [1.54, 1.807) is 6.20 Å². The Balaban J connectivity index is 2.07. The van der Waals surface area contributed by atoms with E-state index < -0.39 is 5.41 Å². The van der Waals surface area contributed by atoms with Gasteiger partial charge in [-0.3, -0.25) is 0 Å². The first-order chi connectivity index (χ1) is 9.25. The summed E-state index contributed by atoms with van der Waals surface area (Å²) in [6, 6.07) is 12.2. The van der Waals surface area contributed by atoms with Gasteiger partial charge in [0.2, 0.25) is 0 Å². The van der Waals surface area contributed by atoms with Gasteiger partial charge in [-0.1, -0.05) is 34.1 Å². The van der Waals surface area contributed by atoms with Crippen LogP contribution in [0.1, 0.15) is 25.1 Å². The van der Waals surface area contributed by atoms with Crippen LogP contribution in [0.2, 0.25) is 0 Å². The summed E-state index contributed by atoms with van der Waals surface area (Å²) in [7, 11) is 0. The number of halogens is 1. The molecule has 19 heavy (non-hydrogen) atoms. The molecule has 0 saturated heterocycles. The maximum Gasteiger partial charge on any atom is 0.149 e. The van der Waals surface area contributed by atoms with E-state index in [1.165, 1.54) is 0 Å². The van der Waals surface area contributed by atoms with E-state index in [0.29, 0.717) is 5.82 Å². The highest BCUT2D eigenvalue weighted by molar-refractivity contribution is 9.10. The van der Waals surface area contributed by atoms with Crippen molar-refractivity contribution >= 4 is 15.9 Å². The summed E-state index contributed by atoms with van der Waals surface area (Å²) >= 11 is 3.53. The first kappa shape index (κ1) is 12.3. The molecule has 3 nitrogen and oxygen atoms in total. The third-order valence-electron chi connectivity index (χ3n) is 3.65. The van der Waals surface area contributed by atoms with Crippen molar-refractivity contribution in [2.45, 2.75) is 24.7 Å². The molecule has 94 valence electrons. The third kappa shape index (κ3) is 2.04. The van der Waals surface area contributed by atoms with Crippen molar-refractivity contribution in [1.29, 1.82) is 5.26 Å². The molecular weight excluding hydrogens is 302 g/mol. The van der Waals surface area contributed by atoms with E-state index in [1.807, 2.05) is 30.3 Å². The standard InChI is InChI=1S/C15H12BrN3/c16-12-5-2-1-4-11(12)13-6-9-18-14(19-13)15(10-17)7-3-8-15/h1-2,4-6,9H,3,7-8H2. The maximum atomic E-state index is 9.37. The van der Waals surface area contributed by atoms with Gasteiger partial charge in [0.25, 0.3) is 0 Å². The lowest BCUT2D eigenvalue weighted by Crippen LogP contribution is -2.34. The SMILES string of the molecule is N#CC1(c2nccc(-c3ccccc3Br)n2)CCC1. The Hall–Kier alpha value is -1.73. The second-order valence-electron chi connectivity index (χ2n) is 4.79. The smallest absolute Gasteiger partial charge is 0.149 e. The molecule has 0 aliphatic heterocycles. The quantitative estimate of drug-likeness (QED) is 0.846.